The Hall–Kier alpha value is -3.61. The standard InChI is InChI=1S/C19H14N2O5/c20-14(22)9-25-11-7-5-10(6-8-11)16-15-17(23)12-3-1-2-4-13(12)26-18(15)19(24)21-16/h1-8,16H,9H2,(H2,20,22)(H,21,24). The molecule has 0 aliphatic carbocycles. The SMILES string of the molecule is NC(=O)COc1ccc(C2NC(=O)c3oc4ccccc4c(=O)c32)cc1. The number of para-hydroxylation sites is 1. The Labute approximate surface area is 147 Å². The number of primary amides is 1. The van der Waals surface area contributed by atoms with Gasteiger partial charge in [0.25, 0.3) is 11.8 Å². The van der Waals surface area contributed by atoms with E-state index in [9.17, 15) is 14.4 Å². The number of rotatable bonds is 4. The molecule has 4 rings (SSSR count). The maximum Gasteiger partial charge on any atom is 0.288 e. The van der Waals surface area contributed by atoms with Gasteiger partial charge in [-0.05, 0) is 29.8 Å². The van der Waals surface area contributed by atoms with Gasteiger partial charge < -0.3 is 20.2 Å². The highest BCUT2D eigenvalue weighted by atomic mass is 16.5. The fourth-order valence-corrected chi connectivity index (χ4v) is 3.02. The molecule has 2 heterocycles. The smallest absolute Gasteiger partial charge is 0.288 e. The highest BCUT2D eigenvalue weighted by Crippen LogP contribution is 2.31. The van der Waals surface area contributed by atoms with Crippen molar-refractivity contribution in [3.63, 3.8) is 0 Å². The van der Waals surface area contributed by atoms with Gasteiger partial charge in [-0.3, -0.25) is 14.4 Å². The van der Waals surface area contributed by atoms with E-state index in [1.807, 2.05) is 0 Å². The Morgan fingerprint density at radius 2 is 1.85 bits per heavy atom. The van der Waals surface area contributed by atoms with Crippen LogP contribution >= 0.6 is 0 Å². The first-order chi connectivity index (χ1) is 12.5. The van der Waals surface area contributed by atoms with Gasteiger partial charge in [0, 0.05) is 0 Å². The molecular formula is C19H14N2O5. The lowest BCUT2D eigenvalue weighted by Crippen LogP contribution is -2.22. The lowest BCUT2D eigenvalue weighted by Gasteiger charge is -2.12. The van der Waals surface area contributed by atoms with Crippen molar-refractivity contribution in [3.05, 3.63) is 75.6 Å². The van der Waals surface area contributed by atoms with Crippen molar-refractivity contribution in [2.75, 3.05) is 6.61 Å². The van der Waals surface area contributed by atoms with Gasteiger partial charge in [-0.15, -0.1) is 0 Å². The summed E-state index contributed by atoms with van der Waals surface area (Å²) in [6, 6.07) is 12.9. The van der Waals surface area contributed by atoms with Crippen LogP contribution in [0.4, 0.5) is 0 Å². The zero-order valence-corrected chi connectivity index (χ0v) is 13.5. The number of ether oxygens (including phenoxy) is 1. The maximum atomic E-state index is 12.9. The second-order valence-electron chi connectivity index (χ2n) is 5.90. The van der Waals surface area contributed by atoms with E-state index >= 15 is 0 Å². The summed E-state index contributed by atoms with van der Waals surface area (Å²) in [6.07, 6.45) is 0. The van der Waals surface area contributed by atoms with Gasteiger partial charge in [-0.1, -0.05) is 24.3 Å². The first-order valence-corrected chi connectivity index (χ1v) is 7.92. The molecule has 3 N–H and O–H groups in total. The zero-order valence-electron chi connectivity index (χ0n) is 13.5. The predicted molar refractivity (Wildman–Crippen MR) is 92.9 cm³/mol. The van der Waals surface area contributed by atoms with Crippen molar-refractivity contribution in [3.8, 4) is 5.75 Å². The molecule has 0 saturated carbocycles. The van der Waals surface area contributed by atoms with Crippen molar-refractivity contribution in [2.45, 2.75) is 6.04 Å². The highest BCUT2D eigenvalue weighted by molar-refractivity contribution is 5.98. The molecule has 0 saturated heterocycles. The second kappa shape index (κ2) is 6.03. The van der Waals surface area contributed by atoms with E-state index in [1.165, 1.54) is 0 Å². The minimum absolute atomic E-state index is 0.0350. The highest BCUT2D eigenvalue weighted by Gasteiger charge is 2.35. The van der Waals surface area contributed by atoms with Gasteiger partial charge >= 0.3 is 0 Å². The van der Waals surface area contributed by atoms with Crippen LogP contribution in [0.15, 0.2) is 57.7 Å². The molecule has 130 valence electrons. The molecule has 7 nitrogen and oxygen atoms in total. The van der Waals surface area contributed by atoms with Crippen LogP contribution in [0.3, 0.4) is 0 Å². The van der Waals surface area contributed by atoms with E-state index in [1.54, 1.807) is 48.5 Å². The molecule has 7 heteroatoms. The van der Waals surface area contributed by atoms with E-state index in [2.05, 4.69) is 5.32 Å². The monoisotopic (exact) mass is 350 g/mol. The zero-order chi connectivity index (χ0) is 18.3. The first-order valence-electron chi connectivity index (χ1n) is 7.92. The molecule has 1 atom stereocenters. The van der Waals surface area contributed by atoms with E-state index in [-0.39, 0.29) is 17.8 Å². The Bertz CT molecular complexity index is 1090. The number of amides is 2. The van der Waals surface area contributed by atoms with E-state index in [4.69, 9.17) is 14.9 Å². The van der Waals surface area contributed by atoms with Crippen LogP contribution in [0.1, 0.15) is 27.7 Å². The molecule has 26 heavy (non-hydrogen) atoms. The average molecular weight is 350 g/mol. The van der Waals surface area contributed by atoms with E-state index in [0.717, 1.165) is 0 Å². The molecule has 1 unspecified atom stereocenters. The van der Waals surface area contributed by atoms with E-state index < -0.39 is 17.9 Å². The molecule has 0 spiro atoms. The molecular weight excluding hydrogens is 336 g/mol. The summed E-state index contributed by atoms with van der Waals surface area (Å²) in [5, 5.41) is 3.20. The Balaban J connectivity index is 1.75. The van der Waals surface area contributed by atoms with Crippen LogP contribution < -0.4 is 21.2 Å². The normalized spacial score (nSPS) is 15.5. The first kappa shape index (κ1) is 15.9. The molecule has 0 fully saturated rings. The lowest BCUT2D eigenvalue weighted by molar-refractivity contribution is -0.119. The number of nitrogens with two attached hydrogens (primary N) is 1. The Morgan fingerprint density at radius 1 is 1.12 bits per heavy atom. The maximum absolute atomic E-state index is 12.9. The third-order valence-electron chi connectivity index (χ3n) is 4.20. The number of benzene rings is 2. The number of carbonyl (C=O) groups excluding carboxylic acids is 2. The average Bonchev–Trinajstić information content (AvgIpc) is 2.98. The fourth-order valence-electron chi connectivity index (χ4n) is 3.02. The van der Waals surface area contributed by atoms with Crippen LogP contribution in [0.2, 0.25) is 0 Å². The molecule has 1 aliphatic heterocycles. The van der Waals surface area contributed by atoms with Gasteiger partial charge in [0.05, 0.1) is 17.0 Å². The van der Waals surface area contributed by atoms with Crippen LogP contribution in [0, 0.1) is 0 Å². The van der Waals surface area contributed by atoms with Crippen molar-refractivity contribution in [1.82, 2.24) is 5.32 Å². The van der Waals surface area contributed by atoms with Gasteiger partial charge in [-0.25, -0.2) is 0 Å². The van der Waals surface area contributed by atoms with Crippen LogP contribution in [0.5, 0.6) is 5.75 Å². The summed E-state index contributed by atoms with van der Waals surface area (Å²) in [5.74, 6) is -0.507. The predicted octanol–water partition coefficient (Wildman–Crippen LogP) is 1.49. The Kier molecular flexibility index (Phi) is 3.69. The molecule has 0 radical (unpaired) electrons. The summed E-state index contributed by atoms with van der Waals surface area (Å²) in [6.45, 7) is -0.224. The Morgan fingerprint density at radius 3 is 2.58 bits per heavy atom. The van der Waals surface area contributed by atoms with Gasteiger partial charge in [-0.2, -0.15) is 0 Å². The van der Waals surface area contributed by atoms with Crippen molar-refractivity contribution in [1.29, 1.82) is 0 Å². The van der Waals surface area contributed by atoms with E-state index in [0.29, 0.717) is 27.8 Å². The van der Waals surface area contributed by atoms with Crippen LogP contribution in [0.25, 0.3) is 11.0 Å². The molecule has 1 aromatic heterocycles. The van der Waals surface area contributed by atoms with Crippen LogP contribution in [-0.2, 0) is 4.79 Å². The molecule has 2 aromatic carbocycles. The summed E-state index contributed by atoms with van der Waals surface area (Å²) in [7, 11) is 0. The topological polar surface area (TPSA) is 112 Å². The lowest BCUT2D eigenvalue weighted by atomic mass is 9.99. The fraction of sp³-hybridized carbons (Fsp3) is 0.105. The minimum atomic E-state index is -0.608. The van der Waals surface area contributed by atoms with Gasteiger partial charge in [0.15, 0.2) is 12.0 Å². The summed E-state index contributed by atoms with van der Waals surface area (Å²) >= 11 is 0. The largest absolute Gasteiger partial charge is 0.484 e. The quantitative estimate of drug-likeness (QED) is 0.740. The number of fused-ring (bicyclic) bond motifs is 2. The number of nitrogens with one attached hydrogen (secondary N) is 1. The molecule has 2 amide bonds. The molecule has 3 aromatic rings. The third-order valence-corrected chi connectivity index (χ3v) is 4.20. The summed E-state index contributed by atoms with van der Waals surface area (Å²) in [5.41, 5.74) is 6.18. The van der Waals surface area contributed by atoms with Gasteiger partial charge in [0.2, 0.25) is 5.76 Å². The number of carbonyl (C=O) groups is 2. The molecule has 1 aliphatic rings. The summed E-state index contributed by atoms with van der Waals surface area (Å²) in [4.78, 5) is 35.9. The number of hydrogen-bond acceptors (Lipinski definition) is 5. The molecule has 0 bridgehead atoms. The second-order valence-corrected chi connectivity index (χ2v) is 5.90. The third kappa shape index (κ3) is 2.59. The van der Waals surface area contributed by atoms with Crippen molar-refractivity contribution in [2.24, 2.45) is 5.73 Å². The minimum Gasteiger partial charge on any atom is -0.484 e. The number of hydrogen-bond donors (Lipinski definition) is 2. The summed E-state index contributed by atoms with van der Waals surface area (Å²) < 4.78 is 10.9. The van der Waals surface area contributed by atoms with Crippen molar-refractivity contribution < 1.29 is 18.7 Å². The van der Waals surface area contributed by atoms with Gasteiger partial charge in [0.1, 0.15) is 11.3 Å². The van der Waals surface area contributed by atoms with Crippen LogP contribution in [-0.4, -0.2) is 18.4 Å². The van der Waals surface area contributed by atoms with Crippen molar-refractivity contribution >= 4 is 22.8 Å².